The third-order valence-electron chi connectivity index (χ3n) is 5.16. The standard InChI is InChI=1S/C22H23F2N5O4/c23-22(24)10-15(11-25)29(13-22)20(31)12-28-21(32)17-5-7-27-19-4-3-16(9-18(17)19)33-8-2-1-6-26-14-30/h3-5,7,9,14-15H,1-2,6,8,10,12-13H2,(H,26,30)(H,28,32)/t15-/m0/s1. The summed E-state index contributed by atoms with van der Waals surface area (Å²) in [4.78, 5) is 40.3. The molecule has 3 rings (SSSR count). The molecule has 2 heterocycles. The van der Waals surface area contributed by atoms with Crippen molar-refractivity contribution in [1.29, 1.82) is 5.26 Å². The number of carbonyl (C=O) groups is 3. The molecule has 0 spiro atoms. The smallest absolute Gasteiger partial charge is 0.268 e. The number of unbranched alkanes of at least 4 members (excludes halogenated alkanes) is 1. The van der Waals surface area contributed by atoms with E-state index < -0.39 is 43.3 Å². The summed E-state index contributed by atoms with van der Waals surface area (Å²) < 4.78 is 32.8. The van der Waals surface area contributed by atoms with E-state index in [2.05, 4.69) is 15.6 Å². The molecule has 2 aromatic rings. The second-order valence-electron chi connectivity index (χ2n) is 7.57. The molecule has 0 radical (unpaired) electrons. The van der Waals surface area contributed by atoms with Gasteiger partial charge in [-0.05, 0) is 37.1 Å². The van der Waals surface area contributed by atoms with Gasteiger partial charge in [-0.25, -0.2) is 8.78 Å². The van der Waals surface area contributed by atoms with Crippen molar-refractivity contribution in [2.45, 2.75) is 31.2 Å². The third-order valence-corrected chi connectivity index (χ3v) is 5.16. The van der Waals surface area contributed by atoms with Crippen molar-refractivity contribution < 1.29 is 27.9 Å². The summed E-state index contributed by atoms with van der Waals surface area (Å²) in [5.41, 5.74) is 0.789. The van der Waals surface area contributed by atoms with Gasteiger partial charge >= 0.3 is 0 Å². The van der Waals surface area contributed by atoms with Crippen LogP contribution in [0.2, 0.25) is 0 Å². The highest BCUT2D eigenvalue weighted by Crippen LogP contribution is 2.31. The van der Waals surface area contributed by atoms with Crippen LogP contribution < -0.4 is 15.4 Å². The van der Waals surface area contributed by atoms with Crippen molar-refractivity contribution in [2.24, 2.45) is 0 Å². The van der Waals surface area contributed by atoms with Gasteiger partial charge < -0.3 is 20.3 Å². The maximum atomic E-state index is 13.6. The van der Waals surface area contributed by atoms with Gasteiger partial charge in [-0.1, -0.05) is 0 Å². The first-order chi connectivity index (χ1) is 15.8. The molecule has 0 bridgehead atoms. The fraction of sp³-hybridized carbons (Fsp3) is 0.409. The fourth-order valence-corrected chi connectivity index (χ4v) is 3.54. The van der Waals surface area contributed by atoms with Gasteiger partial charge in [0.05, 0.1) is 36.8 Å². The van der Waals surface area contributed by atoms with Crippen LogP contribution in [0.4, 0.5) is 8.78 Å². The van der Waals surface area contributed by atoms with Crippen LogP contribution >= 0.6 is 0 Å². The Morgan fingerprint density at radius 2 is 2.15 bits per heavy atom. The lowest BCUT2D eigenvalue weighted by Gasteiger charge is -2.19. The zero-order chi connectivity index (χ0) is 23.8. The predicted molar refractivity (Wildman–Crippen MR) is 114 cm³/mol. The number of hydrogen-bond donors (Lipinski definition) is 2. The minimum atomic E-state index is -3.12. The molecule has 2 N–H and O–H groups in total. The summed E-state index contributed by atoms with van der Waals surface area (Å²) in [6.45, 7) is -0.378. The average molecular weight is 459 g/mol. The lowest BCUT2D eigenvalue weighted by molar-refractivity contribution is -0.131. The Kier molecular flexibility index (Phi) is 7.71. The molecule has 1 aliphatic rings. The van der Waals surface area contributed by atoms with Gasteiger partial charge in [0.1, 0.15) is 11.8 Å². The Bertz CT molecular complexity index is 1070. The second kappa shape index (κ2) is 10.7. The van der Waals surface area contributed by atoms with Crippen LogP contribution in [0, 0.1) is 11.3 Å². The van der Waals surface area contributed by atoms with E-state index in [-0.39, 0.29) is 5.56 Å². The van der Waals surface area contributed by atoms with Gasteiger partial charge in [0.2, 0.25) is 12.3 Å². The van der Waals surface area contributed by atoms with Crippen molar-refractivity contribution in [3.63, 3.8) is 0 Å². The molecule has 9 nitrogen and oxygen atoms in total. The highest BCUT2D eigenvalue weighted by Gasteiger charge is 2.47. The van der Waals surface area contributed by atoms with Crippen LogP contribution in [0.3, 0.4) is 0 Å². The van der Waals surface area contributed by atoms with Crippen LogP contribution in [-0.2, 0) is 9.59 Å². The van der Waals surface area contributed by atoms with E-state index in [0.717, 1.165) is 17.7 Å². The lowest BCUT2D eigenvalue weighted by atomic mass is 10.1. The first kappa shape index (κ1) is 23.8. The summed E-state index contributed by atoms with van der Waals surface area (Å²) in [5, 5.41) is 14.5. The molecular weight excluding hydrogens is 436 g/mol. The van der Waals surface area contributed by atoms with Gasteiger partial charge in [0, 0.05) is 24.5 Å². The molecule has 0 unspecified atom stereocenters. The highest BCUT2D eigenvalue weighted by molar-refractivity contribution is 6.07. The first-order valence-electron chi connectivity index (χ1n) is 10.4. The maximum absolute atomic E-state index is 13.6. The topological polar surface area (TPSA) is 124 Å². The van der Waals surface area contributed by atoms with Crippen molar-refractivity contribution >= 4 is 29.1 Å². The summed E-state index contributed by atoms with van der Waals surface area (Å²) >= 11 is 0. The molecule has 1 saturated heterocycles. The quantitative estimate of drug-likeness (QED) is 0.411. The lowest BCUT2D eigenvalue weighted by Crippen LogP contribution is -2.43. The monoisotopic (exact) mass is 459 g/mol. The largest absolute Gasteiger partial charge is 0.494 e. The van der Waals surface area contributed by atoms with E-state index in [9.17, 15) is 23.2 Å². The minimum Gasteiger partial charge on any atom is -0.494 e. The number of halogens is 2. The Balaban J connectivity index is 1.63. The number of alkyl halides is 2. The zero-order valence-electron chi connectivity index (χ0n) is 17.7. The fourth-order valence-electron chi connectivity index (χ4n) is 3.54. The van der Waals surface area contributed by atoms with Gasteiger partial charge in [0.25, 0.3) is 11.8 Å². The molecule has 0 aliphatic carbocycles. The van der Waals surface area contributed by atoms with E-state index in [1.807, 2.05) is 0 Å². The Morgan fingerprint density at radius 3 is 2.91 bits per heavy atom. The van der Waals surface area contributed by atoms with E-state index in [1.54, 1.807) is 24.3 Å². The summed E-state index contributed by atoms with van der Waals surface area (Å²) in [6.07, 6.45) is 2.85. The molecular formula is C22H23F2N5O4. The van der Waals surface area contributed by atoms with Crippen LogP contribution in [0.25, 0.3) is 10.9 Å². The summed E-state index contributed by atoms with van der Waals surface area (Å²) in [5.74, 6) is -3.92. The number of benzene rings is 1. The van der Waals surface area contributed by atoms with E-state index in [4.69, 9.17) is 10.00 Å². The third kappa shape index (κ3) is 6.12. The SMILES string of the molecule is N#C[C@@H]1CC(F)(F)CN1C(=O)CNC(=O)c1ccnc2ccc(OCCCCNC=O)cc12. The molecule has 11 heteroatoms. The number of amides is 3. The van der Waals surface area contributed by atoms with Crippen LogP contribution in [-0.4, -0.2) is 66.3 Å². The average Bonchev–Trinajstić information content (AvgIpc) is 3.13. The predicted octanol–water partition coefficient (Wildman–Crippen LogP) is 1.63. The number of nitrogens with one attached hydrogen (secondary N) is 2. The summed E-state index contributed by atoms with van der Waals surface area (Å²) in [6, 6.07) is 7.05. The first-order valence-corrected chi connectivity index (χ1v) is 10.4. The van der Waals surface area contributed by atoms with Crippen molar-refractivity contribution in [3.05, 3.63) is 36.0 Å². The number of fused-ring (bicyclic) bond motifs is 1. The number of nitrogens with zero attached hydrogens (tertiary/aromatic N) is 3. The number of aromatic nitrogens is 1. The summed E-state index contributed by atoms with van der Waals surface area (Å²) in [7, 11) is 0. The zero-order valence-corrected chi connectivity index (χ0v) is 17.7. The number of pyridine rings is 1. The van der Waals surface area contributed by atoms with Crippen LogP contribution in [0.1, 0.15) is 29.6 Å². The van der Waals surface area contributed by atoms with E-state index in [1.165, 1.54) is 12.3 Å². The van der Waals surface area contributed by atoms with E-state index in [0.29, 0.717) is 36.2 Å². The number of ether oxygens (including phenoxy) is 1. The molecule has 1 aromatic heterocycles. The highest BCUT2D eigenvalue weighted by atomic mass is 19.3. The number of rotatable bonds is 10. The molecule has 0 saturated carbocycles. The molecule has 1 aliphatic heterocycles. The second-order valence-corrected chi connectivity index (χ2v) is 7.57. The number of hydrogen-bond acceptors (Lipinski definition) is 6. The van der Waals surface area contributed by atoms with E-state index >= 15 is 0 Å². The van der Waals surface area contributed by atoms with Gasteiger partial charge in [0.15, 0.2) is 0 Å². The molecule has 1 atom stereocenters. The molecule has 33 heavy (non-hydrogen) atoms. The van der Waals surface area contributed by atoms with Crippen LogP contribution in [0.15, 0.2) is 30.5 Å². The number of likely N-dealkylation sites (tertiary alicyclic amines) is 1. The molecule has 1 aromatic carbocycles. The Hall–Kier alpha value is -3.81. The normalized spacial score (nSPS) is 16.8. The molecule has 3 amide bonds. The number of nitriles is 1. The molecule has 174 valence electrons. The van der Waals surface area contributed by atoms with Gasteiger partial charge in [-0.15, -0.1) is 0 Å². The minimum absolute atomic E-state index is 0.247. The van der Waals surface area contributed by atoms with Crippen molar-refractivity contribution in [3.8, 4) is 11.8 Å². The van der Waals surface area contributed by atoms with Gasteiger partial charge in [-0.3, -0.25) is 19.4 Å². The van der Waals surface area contributed by atoms with Crippen LogP contribution in [0.5, 0.6) is 5.75 Å². The maximum Gasteiger partial charge on any atom is 0.268 e. The van der Waals surface area contributed by atoms with Gasteiger partial charge in [-0.2, -0.15) is 5.26 Å². The Labute approximate surface area is 188 Å². The Morgan fingerprint density at radius 1 is 1.33 bits per heavy atom. The molecule has 1 fully saturated rings. The van der Waals surface area contributed by atoms with Crippen molar-refractivity contribution in [2.75, 3.05) is 26.2 Å². The van der Waals surface area contributed by atoms with Crippen molar-refractivity contribution in [1.82, 2.24) is 20.5 Å². The number of carbonyl (C=O) groups excluding carboxylic acids is 3.